The lowest BCUT2D eigenvalue weighted by Gasteiger charge is -2.03. The van der Waals surface area contributed by atoms with Gasteiger partial charge in [-0.2, -0.15) is 0 Å². The third kappa shape index (κ3) is 3.52. The van der Waals surface area contributed by atoms with Crippen LogP contribution in [0.4, 0.5) is 5.13 Å². The van der Waals surface area contributed by atoms with Gasteiger partial charge in [0.25, 0.3) is 5.91 Å². The fourth-order valence-electron chi connectivity index (χ4n) is 2.04. The quantitative estimate of drug-likeness (QED) is 0.744. The minimum atomic E-state index is -0.215. The summed E-state index contributed by atoms with van der Waals surface area (Å²) < 4.78 is 5.08. The van der Waals surface area contributed by atoms with Gasteiger partial charge in [-0.15, -0.1) is 11.3 Å². The molecule has 3 rings (SSSR count). The van der Waals surface area contributed by atoms with Gasteiger partial charge in [0.15, 0.2) is 5.13 Å². The summed E-state index contributed by atoms with van der Waals surface area (Å²) >= 11 is 7.52. The van der Waals surface area contributed by atoms with Crippen molar-refractivity contribution < 1.29 is 9.53 Å². The predicted octanol–water partition coefficient (Wildman–Crippen LogP) is 4.72. The fourth-order valence-corrected chi connectivity index (χ4v) is 2.97. The summed E-state index contributed by atoms with van der Waals surface area (Å²) in [6.07, 6.45) is 0. The number of hydrogen-bond donors (Lipinski definition) is 1. The lowest BCUT2D eigenvalue weighted by atomic mass is 10.2. The van der Waals surface area contributed by atoms with Gasteiger partial charge in [-0.3, -0.25) is 10.1 Å². The normalized spacial score (nSPS) is 10.3. The summed E-state index contributed by atoms with van der Waals surface area (Å²) in [6.45, 7) is 0. The zero-order valence-corrected chi connectivity index (χ0v) is 13.8. The van der Waals surface area contributed by atoms with Crippen LogP contribution in [0.2, 0.25) is 5.02 Å². The Balaban J connectivity index is 1.76. The van der Waals surface area contributed by atoms with Crippen LogP contribution in [0.1, 0.15) is 10.4 Å². The van der Waals surface area contributed by atoms with Crippen molar-refractivity contribution in [2.45, 2.75) is 0 Å². The number of ether oxygens (including phenoxy) is 1. The second-order valence-corrected chi connectivity index (χ2v) is 5.97. The molecule has 0 aliphatic heterocycles. The first-order valence-corrected chi connectivity index (χ1v) is 8.09. The molecule has 0 bridgehead atoms. The second kappa shape index (κ2) is 6.81. The van der Waals surface area contributed by atoms with E-state index in [9.17, 15) is 4.79 Å². The Morgan fingerprint density at radius 1 is 1.17 bits per heavy atom. The Kier molecular flexibility index (Phi) is 4.60. The molecule has 23 heavy (non-hydrogen) atoms. The number of thiazole rings is 1. The maximum absolute atomic E-state index is 12.2. The molecule has 1 aromatic heterocycles. The number of methoxy groups -OCH3 is 1. The predicted molar refractivity (Wildman–Crippen MR) is 93.5 cm³/mol. The van der Waals surface area contributed by atoms with Gasteiger partial charge < -0.3 is 4.74 Å². The van der Waals surface area contributed by atoms with Crippen LogP contribution in [-0.4, -0.2) is 18.0 Å². The number of rotatable bonds is 4. The molecule has 1 heterocycles. The maximum atomic E-state index is 12.2. The van der Waals surface area contributed by atoms with Crippen LogP contribution < -0.4 is 10.1 Å². The van der Waals surface area contributed by atoms with E-state index in [1.165, 1.54) is 11.3 Å². The Bertz CT molecular complexity index is 831. The lowest BCUT2D eigenvalue weighted by molar-refractivity contribution is 0.102. The molecule has 6 heteroatoms. The molecule has 0 aliphatic carbocycles. The summed E-state index contributed by atoms with van der Waals surface area (Å²) in [5.74, 6) is 0.490. The standard InChI is InChI=1S/C17H13ClN2O2S/c1-22-12-8-6-11(7-9-12)16(21)20-17-19-15(10-23-17)13-4-2-3-5-14(13)18/h2-10H,1H3,(H,19,20,21). The number of carbonyl (C=O) groups excluding carboxylic acids is 1. The van der Waals surface area contributed by atoms with Crippen molar-refractivity contribution in [2.75, 3.05) is 12.4 Å². The maximum Gasteiger partial charge on any atom is 0.257 e. The van der Waals surface area contributed by atoms with Crippen LogP contribution >= 0.6 is 22.9 Å². The first-order valence-electron chi connectivity index (χ1n) is 6.83. The molecule has 0 aliphatic rings. The molecule has 2 aromatic carbocycles. The van der Waals surface area contributed by atoms with E-state index in [1.54, 1.807) is 31.4 Å². The molecule has 0 radical (unpaired) electrons. The van der Waals surface area contributed by atoms with Gasteiger partial charge in [0.2, 0.25) is 0 Å². The first kappa shape index (κ1) is 15.5. The number of nitrogens with zero attached hydrogens (tertiary/aromatic N) is 1. The highest BCUT2D eigenvalue weighted by Gasteiger charge is 2.11. The molecule has 0 saturated carbocycles. The molecule has 0 fully saturated rings. The van der Waals surface area contributed by atoms with Crippen LogP contribution in [-0.2, 0) is 0 Å². The molecule has 4 nitrogen and oxygen atoms in total. The number of nitrogens with one attached hydrogen (secondary N) is 1. The van der Waals surface area contributed by atoms with Crippen molar-refractivity contribution in [3.63, 3.8) is 0 Å². The van der Waals surface area contributed by atoms with Gasteiger partial charge in [-0.1, -0.05) is 29.8 Å². The number of halogens is 1. The SMILES string of the molecule is COc1ccc(C(=O)Nc2nc(-c3ccccc3Cl)cs2)cc1. The Labute approximate surface area is 142 Å². The molecule has 0 spiro atoms. The first-order chi connectivity index (χ1) is 11.2. The zero-order chi connectivity index (χ0) is 16.2. The van der Waals surface area contributed by atoms with Gasteiger partial charge in [-0.05, 0) is 30.3 Å². The van der Waals surface area contributed by atoms with E-state index in [-0.39, 0.29) is 5.91 Å². The van der Waals surface area contributed by atoms with Crippen molar-refractivity contribution >= 4 is 34.0 Å². The van der Waals surface area contributed by atoms with E-state index in [4.69, 9.17) is 16.3 Å². The van der Waals surface area contributed by atoms with E-state index in [1.807, 2.05) is 29.6 Å². The zero-order valence-electron chi connectivity index (χ0n) is 12.2. The highest BCUT2D eigenvalue weighted by atomic mass is 35.5. The minimum absolute atomic E-state index is 0.215. The molecule has 3 aromatic rings. The average molecular weight is 345 g/mol. The van der Waals surface area contributed by atoms with Crippen LogP contribution in [0.15, 0.2) is 53.9 Å². The van der Waals surface area contributed by atoms with E-state index in [0.717, 1.165) is 11.3 Å². The number of hydrogen-bond acceptors (Lipinski definition) is 4. The third-order valence-corrected chi connectivity index (χ3v) is 4.31. The number of carbonyl (C=O) groups is 1. The third-order valence-electron chi connectivity index (χ3n) is 3.23. The fraction of sp³-hybridized carbons (Fsp3) is 0.0588. The van der Waals surface area contributed by atoms with Crippen LogP contribution in [0.3, 0.4) is 0 Å². The van der Waals surface area contributed by atoms with Crippen molar-refractivity contribution in [2.24, 2.45) is 0 Å². The summed E-state index contributed by atoms with van der Waals surface area (Å²) in [5, 5.41) is 5.81. The van der Waals surface area contributed by atoms with Crippen LogP contribution in [0.25, 0.3) is 11.3 Å². The summed E-state index contributed by atoms with van der Waals surface area (Å²) in [5.41, 5.74) is 2.13. The molecule has 116 valence electrons. The number of anilines is 1. The van der Waals surface area contributed by atoms with Crippen molar-refractivity contribution in [3.05, 3.63) is 64.5 Å². The highest BCUT2D eigenvalue weighted by Crippen LogP contribution is 2.30. The number of amides is 1. The molecule has 0 unspecified atom stereocenters. The molecular weight excluding hydrogens is 332 g/mol. The second-order valence-electron chi connectivity index (χ2n) is 4.70. The highest BCUT2D eigenvalue weighted by molar-refractivity contribution is 7.14. The monoisotopic (exact) mass is 344 g/mol. The molecule has 0 atom stereocenters. The van der Waals surface area contributed by atoms with Gasteiger partial charge in [0, 0.05) is 21.5 Å². The van der Waals surface area contributed by atoms with Crippen molar-refractivity contribution in [3.8, 4) is 17.0 Å². The van der Waals surface area contributed by atoms with Gasteiger partial charge >= 0.3 is 0 Å². The van der Waals surface area contributed by atoms with E-state index in [2.05, 4.69) is 10.3 Å². The minimum Gasteiger partial charge on any atom is -0.497 e. The molecule has 1 amide bonds. The smallest absolute Gasteiger partial charge is 0.257 e. The van der Waals surface area contributed by atoms with E-state index in [0.29, 0.717) is 21.5 Å². The lowest BCUT2D eigenvalue weighted by Crippen LogP contribution is -2.11. The Morgan fingerprint density at radius 3 is 2.61 bits per heavy atom. The number of aromatic nitrogens is 1. The molecular formula is C17H13ClN2O2S. The van der Waals surface area contributed by atoms with Crippen LogP contribution in [0, 0.1) is 0 Å². The number of benzene rings is 2. The topological polar surface area (TPSA) is 51.2 Å². The summed E-state index contributed by atoms with van der Waals surface area (Å²) in [6, 6.07) is 14.4. The summed E-state index contributed by atoms with van der Waals surface area (Å²) in [7, 11) is 1.58. The van der Waals surface area contributed by atoms with Gasteiger partial charge in [-0.25, -0.2) is 4.98 Å². The Hall–Kier alpha value is -2.37. The molecule has 1 N–H and O–H groups in total. The van der Waals surface area contributed by atoms with E-state index < -0.39 is 0 Å². The van der Waals surface area contributed by atoms with Crippen molar-refractivity contribution in [1.82, 2.24) is 4.98 Å². The van der Waals surface area contributed by atoms with E-state index >= 15 is 0 Å². The average Bonchev–Trinajstić information content (AvgIpc) is 3.03. The van der Waals surface area contributed by atoms with Gasteiger partial charge in [0.1, 0.15) is 5.75 Å². The van der Waals surface area contributed by atoms with Gasteiger partial charge in [0.05, 0.1) is 12.8 Å². The molecule has 0 saturated heterocycles. The van der Waals surface area contributed by atoms with Crippen molar-refractivity contribution in [1.29, 1.82) is 0 Å². The largest absolute Gasteiger partial charge is 0.497 e. The Morgan fingerprint density at radius 2 is 1.91 bits per heavy atom. The van der Waals surface area contributed by atoms with Crippen LogP contribution in [0.5, 0.6) is 5.75 Å². The summed E-state index contributed by atoms with van der Waals surface area (Å²) in [4.78, 5) is 16.6.